The summed E-state index contributed by atoms with van der Waals surface area (Å²) in [5.74, 6) is 0.690. The molecule has 0 amide bonds. The summed E-state index contributed by atoms with van der Waals surface area (Å²) in [5.41, 5.74) is 8.91. The normalized spacial score (nSPS) is 18.8. The number of nitrogens with two attached hydrogens (primary N) is 1. The molecule has 3 N–H and O–H groups in total. The largest absolute Gasteiger partial charge is 0.389 e. The van der Waals surface area contributed by atoms with Crippen LogP contribution >= 0.6 is 12.2 Å². The number of benzene rings is 1. The smallest absolute Gasteiger partial charge is 0.106 e. The fraction of sp³-hybridized carbons (Fsp3) is 0.500. The van der Waals surface area contributed by atoms with E-state index < -0.39 is 0 Å². The van der Waals surface area contributed by atoms with Crippen molar-refractivity contribution < 1.29 is 4.74 Å². The molecule has 1 aromatic carbocycles. The summed E-state index contributed by atoms with van der Waals surface area (Å²) in [6.45, 7) is 4.82. The number of nitrogens with one attached hydrogen (secondary N) is 1. The zero-order chi connectivity index (χ0) is 13.0. The zero-order valence-electron chi connectivity index (χ0n) is 10.7. The monoisotopic (exact) mass is 264 g/mol. The molecule has 1 aliphatic rings. The molecule has 0 spiro atoms. The van der Waals surface area contributed by atoms with Crippen LogP contribution in [0.15, 0.2) is 18.2 Å². The molecule has 1 saturated heterocycles. The van der Waals surface area contributed by atoms with Crippen LogP contribution in [0.5, 0.6) is 0 Å². The van der Waals surface area contributed by atoms with Crippen molar-refractivity contribution in [1.82, 2.24) is 0 Å². The van der Waals surface area contributed by atoms with Crippen LogP contribution in [0, 0.1) is 12.8 Å². The van der Waals surface area contributed by atoms with E-state index in [0.717, 1.165) is 37.4 Å². The minimum absolute atomic E-state index is 0.446. The molecule has 1 atom stereocenters. The number of rotatable bonds is 5. The molecule has 0 aliphatic carbocycles. The molecular formula is C14H20N2OS. The van der Waals surface area contributed by atoms with Crippen LogP contribution < -0.4 is 11.1 Å². The minimum Gasteiger partial charge on any atom is -0.389 e. The number of ether oxygens (including phenoxy) is 1. The quantitative estimate of drug-likeness (QED) is 0.802. The van der Waals surface area contributed by atoms with Crippen LogP contribution in [-0.4, -0.2) is 24.7 Å². The summed E-state index contributed by atoms with van der Waals surface area (Å²) < 4.78 is 5.37. The van der Waals surface area contributed by atoms with Crippen LogP contribution in [0.4, 0.5) is 5.69 Å². The van der Waals surface area contributed by atoms with Gasteiger partial charge in [-0.3, -0.25) is 0 Å². The highest BCUT2D eigenvalue weighted by Gasteiger charge is 2.15. The SMILES string of the molecule is Cc1ccc(C(N)=S)c(NCCC2CCOC2)c1. The summed E-state index contributed by atoms with van der Waals surface area (Å²) in [6.07, 6.45) is 2.31. The predicted molar refractivity (Wildman–Crippen MR) is 79.1 cm³/mol. The van der Waals surface area contributed by atoms with Crippen LogP contribution in [0.1, 0.15) is 24.0 Å². The number of hydrogen-bond acceptors (Lipinski definition) is 3. The van der Waals surface area contributed by atoms with Crippen molar-refractivity contribution in [3.05, 3.63) is 29.3 Å². The number of hydrogen-bond donors (Lipinski definition) is 2. The molecule has 1 aromatic rings. The molecule has 0 saturated carbocycles. The van der Waals surface area contributed by atoms with Crippen LogP contribution in [0.25, 0.3) is 0 Å². The maximum Gasteiger partial charge on any atom is 0.106 e. The van der Waals surface area contributed by atoms with E-state index in [1.165, 1.54) is 12.0 Å². The Bertz CT molecular complexity index is 428. The lowest BCUT2D eigenvalue weighted by molar-refractivity contribution is 0.185. The lowest BCUT2D eigenvalue weighted by Gasteiger charge is -2.13. The highest BCUT2D eigenvalue weighted by Crippen LogP contribution is 2.20. The van der Waals surface area contributed by atoms with Gasteiger partial charge in [0.05, 0.1) is 0 Å². The Hall–Kier alpha value is -1.13. The van der Waals surface area contributed by atoms with E-state index in [-0.39, 0.29) is 0 Å². The highest BCUT2D eigenvalue weighted by molar-refractivity contribution is 7.80. The van der Waals surface area contributed by atoms with E-state index in [1.807, 2.05) is 12.1 Å². The van der Waals surface area contributed by atoms with Gasteiger partial charge >= 0.3 is 0 Å². The van der Waals surface area contributed by atoms with Gasteiger partial charge in [-0.1, -0.05) is 18.3 Å². The maximum absolute atomic E-state index is 5.73. The Labute approximate surface area is 114 Å². The van der Waals surface area contributed by atoms with Crippen molar-refractivity contribution in [3.63, 3.8) is 0 Å². The topological polar surface area (TPSA) is 47.3 Å². The number of aryl methyl sites for hydroxylation is 1. The van der Waals surface area contributed by atoms with Crippen LogP contribution in [0.3, 0.4) is 0 Å². The molecule has 1 fully saturated rings. The van der Waals surface area contributed by atoms with Gasteiger partial charge in [-0.15, -0.1) is 0 Å². The molecule has 1 heterocycles. The van der Waals surface area contributed by atoms with E-state index >= 15 is 0 Å². The maximum atomic E-state index is 5.73. The second kappa shape index (κ2) is 6.16. The van der Waals surface area contributed by atoms with Gasteiger partial charge in [-0.25, -0.2) is 0 Å². The first-order valence-corrected chi connectivity index (χ1v) is 6.79. The molecule has 0 bridgehead atoms. The van der Waals surface area contributed by atoms with Gasteiger partial charge in [0.2, 0.25) is 0 Å². The van der Waals surface area contributed by atoms with Gasteiger partial charge in [0.1, 0.15) is 4.99 Å². The Morgan fingerprint density at radius 3 is 3.06 bits per heavy atom. The Kier molecular flexibility index (Phi) is 4.55. The second-order valence-electron chi connectivity index (χ2n) is 4.86. The van der Waals surface area contributed by atoms with Gasteiger partial charge in [0, 0.05) is 31.0 Å². The van der Waals surface area contributed by atoms with Gasteiger partial charge in [-0.05, 0) is 43.4 Å². The van der Waals surface area contributed by atoms with E-state index in [4.69, 9.17) is 22.7 Å². The minimum atomic E-state index is 0.446. The Morgan fingerprint density at radius 2 is 2.39 bits per heavy atom. The zero-order valence-corrected chi connectivity index (χ0v) is 11.6. The third kappa shape index (κ3) is 3.43. The third-order valence-corrected chi connectivity index (χ3v) is 3.55. The molecule has 0 aromatic heterocycles. The average molecular weight is 264 g/mol. The summed E-state index contributed by atoms with van der Waals surface area (Å²) in [4.78, 5) is 0.446. The first kappa shape index (κ1) is 13.3. The van der Waals surface area contributed by atoms with Crippen molar-refractivity contribution in [2.75, 3.05) is 25.1 Å². The lowest BCUT2D eigenvalue weighted by atomic mass is 10.0. The summed E-state index contributed by atoms with van der Waals surface area (Å²) in [6, 6.07) is 6.11. The fourth-order valence-electron chi connectivity index (χ4n) is 2.24. The molecule has 4 heteroatoms. The van der Waals surface area contributed by atoms with E-state index in [0.29, 0.717) is 10.9 Å². The standard InChI is InChI=1S/C14H20N2OS/c1-10-2-3-12(14(15)18)13(8-10)16-6-4-11-5-7-17-9-11/h2-3,8,11,16H,4-7,9H2,1H3,(H2,15,18). The molecule has 2 rings (SSSR count). The van der Waals surface area contributed by atoms with E-state index in [1.54, 1.807) is 0 Å². The molecule has 98 valence electrons. The van der Waals surface area contributed by atoms with E-state index in [2.05, 4.69) is 18.3 Å². The second-order valence-corrected chi connectivity index (χ2v) is 5.30. The molecule has 1 unspecified atom stereocenters. The Balaban J connectivity index is 1.94. The first-order valence-electron chi connectivity index (χ1n) is 6.39. The number of thiocarbonyl (C=S) groups is 1. The van der Waals surface area contributed by atoms with Crippen molar-refractivity contribution in [2.24, 2.45) is 11.7 Å². The van der Waals surface area contributed by atoms with Gasteiger partial charge < -0.3 is 15.8 Å². The predicted octanol–water partition coefficient (Wildman–Crippen LogP) is 2.47. The van der Waals surface area contributed by atoms with Gasteiger partial charge in [-0.2, -0.15) is 0 Å². The molecule has 1 aliphatic heterocycles. The van der Waals surface area contributed by atoms with Gasteiger partial charge in [0.15, 0.2) is 0 Å². The molecule has 18 heavy (non-hydrogen) atoms. The molecular weight excluding hydrogens is 244 g/mol. The first-order chi connectivity index (χ1) is 8.66. The van der Waals surface area contributed by atoms with Gasteiger partial charge in [0.25, 0.3) is 0 Å². The highest BCUT2D eigenvalue weighted by atomic mass is 32.1. The molecule has 0 radical (unpaired) electrons. The Morgan fingerprint density at radius 1 is 1.56 bits per heavy atom. The summed E-state index contributed by atoms with van der Waals surface area (Å²) in [7, 11) is 0. The third-order valence-electron chi connectivity index (χ3n) is 3.33. The van der Waals surface area contributed by atoms with Crippen LogP contribution in [-0.2, 0) is 4.74 Å². The van der Waals surface area contributed by atoms with Crippen molar-refractivity contribution in [3.8, 4) is 0 Å². The fourth-order valence-corrected chi connectivity index (χ4v) is 2.42. The van der Waals surface area contributed by atoms with Crippen LogP contribution in [0.2, 0.25) is 0 Å². The summed E-state index contributed by atoms with van der Waals surface area (Å²) >= 11 is 5.07. The van der Waals surface area contributed by atoms with Crippen molar-refractivity contribution in [2.45, 2.75) is 19.8 Å². The molecule has 3 nitrogen and oxygen atoms in total. The summed E-state index contributed by atoms with van der Waals surface area (Å²) in [5, 5.41) is 3.44. The lowest BCUT2D eigenvalue weighted by Crippen LogP contribution is -2.15. The van der Waals surface area contributed by atoms with Crippen molar-refractivity contribution in [1.29, 1.82) is 0 Å². The average Bonchev–Trinajstić information content (AvgIpc) is 2.82. The van der Waals surface area contributed by atoms with E-state index in [9.17, 15) is 0 Å². The number of anilines is 1. The van der Waals surface area contributed by atoms with Crippen molar-refractivity contribution >= 4 is 22.9 Å².